The summed E-state index contributed by atoms with van der Waals surface area (Å²) in [6.45, 7) is 0.236. The fraction of sp³-hybridized carbons (Fsp3) is 0.158. The number of aliphatic hydroxyl groups is 1. The molecule has 0 aromatic heterocycles. The monoisotopic (exact) mass is 367 g/mol. The zero-order valence-electron chi connectivity index (χ0n) is 14.2. The molecule has 1 aliphatic heterocycles. The van der Waals surface area contributed by atoms with Gasteiger partial charge in [-0.2, -0.15) is 0 Å². The zero-order chi connectivity index (χ0) is 19.6. The van der Waals surface area contributed by atoms with Crippen molar-refractivity contribution < 1.29 is 19.6 Å². The summed E-state index contributed by atoms with van der Waals surface area (Å²) >= 11 is 0. The van der Waals surface area contributed by atoms with E-state index in [1.165, 1.54) is 29.2 Å². The molecule has 1 atom stereocenters. The number of aliphatic hydroxyl groups excluding tert-OH is 1. The number of benzene rings is 2. The summed E-state index contributed by atoms with van der Waals surface area (Å²) in [5.74, 6) is -1.87. The highest BCUT2D eigenvalue weighted by molar-refractivity contribution is 6.46. The Morgan fingerprint density at radius 2 is 1.74 bits per heavy atom. The van der Waals surface area contributed by atoms with Crippen molar-refractivity contribution in [1.29, 1.82) is 0 Å². The molecule has 3 rings (SSSR count). The number of nitro groups is 1. The predicted octanol–water partition coefficient (Wildman–Crippen LogP) is 1.98. The van der Waals surface area contributed by atoms with Crippen molar-refractivity contribution in [3.05, 3.63) is 81.4 Å². The van der Waals surface area contributed by atoms with Crippen molar-refractivity contribution in [3.63, 3.8) is 0 Å². The first-order chi connectivity index (χ1) is 13.0. The van der Waals surface area contributed by atoms with Gasteiger partial charge in [0.25, 0.3) is 17.4 Å². The Labute approximate surface area is 154 Å². The standard InChI is InChI=1S/C19H17N3O5/c20-10-11-21-16(12-6-8-14(9-7-12)22(26)27)15(18(24)19(21)25)17(23)13-4-2-1-3-5-13/h1-9,16,23H,10-11,20H2/t16-/m0/s1. The third-order valence-corrected chi connectivity index (χ3v) is 4.38. The lowest BCUT2D eigenvalue weighted by molar-refractivity contribution is -0.384. The second kappa shape index (κ2) is 7.38. The van der Waals surface area contributed by atoms with Crippen molar-refractivity contribution in [1.82, 2.24) is 4.90 Å². The summed E-state index contributed by atoms with van der Waals surface area (Å²) in [6, 6.07) is 13.1. The Kier molecular flexibility index (Phi) is 5.00. The van der Waals surface area contributed by atoms with Crippen molar-refractivity contribution in [3.8, 4) is 0 Å². The highest BCUT2D eigenvalue weighted by Crippen LogP contribution is 2.39. The molecule has 1 saturated heterocycles. The molecule has 1 amide bonds. The summed E-state index contributed by atoms with van der Waals surface area (Å²) in [6.07, 6.45) is 0. The Morgan fingerprint density at radius 1 is 1.11 bits per heavy atom. The van der Waals surface area contributed by atoms with Crippen LogP contribution < -0.4 is 5.73 Å². The van der Waals surface area contributed by atoms with Gasteiger partial charge in [-0.05, 0) is 17.7 Å². The van der Waals surface area contributed by atoms with Crippen LogP contribution in [0.4, 0.5) is 5.69 Å². The molecule has 0 unspecified atom stereocenters. The molecule has 8 nitrogen and oxygen atoms in total. The Hall–Kier alpha value is -3.52. The fourth-order valence-electron chi connectivity index (χ4n) is 3.13. The SMILES string of the molecule is NCCN1C(=O)C(=O)C(=C(O)c2ccccc2)[C@@H]1c1ccc([N+](=O)[O-])cc1. The van der Waals surface area contributed by atoms with E-state index in [9.17, 15) is 24.8 Å². The molecule has 2 aromatic carbocycles. The summed E-state index contributed by atoms with van der Waals surface area (Å²) in [7, 11) is 0. The number of carbonyl (C=O) groups is 2. The van der Waals surface area contributed by atoms with Gasteiger partial charge in [-0.15, -0.1) is 0 Å². The van der Waals surface area contributed by atoms with Gasteiger partial charge in [0.05, 0.1) is 16.5 Å². The molecule has 1 heterocycles. The average molecular weight is 367 g/mol. The summed E-state index contributed by atoms with van der Waals surface area (Å²) < 4.78 is 0. The first kappa shape index (κ1) is 18.3. The molecule has 1 fully saturated rings. The Bertz CT molecular complexity index is 922. The van der Waals surface area contributed by atoms with Gasteiger partial charge in [0.1, 0.15) is 5.76 Å². The molecule has 3 N–H and O–H groups in total. The number of nitro benzene ring substituents is 1. The van der Waals surface area contributed by atoms with E-state index in [0.717, 1.165) is 0 Å². The highest BCUT2D eigenvalue weighted by Gasteiger charge is 2.45. The number of hydrogen-bond acceptors (Lipinski definition) is 6. The largest absolute Gasteiger partial charge is 0.507 e. The number of nitrogens with zero attached hydrogens (tertiary/aromatic N) is 2. The third-order valence-electron chi connectivity index (χ3n) is 4.38. The van der Waals surface area contributed by atoms with Crippen LogP contribution in [0.5, 0.6) is 0 Å². The fourth-order valence-corrected chi connectivity index (χ4v) is 3.13. The lowest BCUT2D eigenvalue weighted by atomic mass is 9.95. The number of hydrogen-bond donors (Lipinski definition) is 2. The van der Waals surface area contributed by atoms with Crippen LogP contribution in [0.3, 0.4) is 0 Å². The van der Waals surface area contributed by atoms with Gasteiger partial charge in [0, 0.05) is 30.8 Å². The lowest BCUT2D eigenvalue weighted by Gasteiger charge is -2.24. The maximum Gasteiger partial charge on any atom is 0.295 e. The highest BCUT2D eigenvalue weighted by atomic mass is 16.6. The molecule has 1 aliphatic rings. The van der Waals surface area contributed by atoms with Crippen LogP contribution in [-0.2, 0) is 9.59 Å². The average Bonchev–Trinajstić information content (AvgIpc) is 2.93. The molecular weight excluding hydrogens is 350 g/mol. The lowest BCUT2D eigenvalue weighted by Crippen LogP contribution is -2.34. The van der Waals surface area contributed by atoms with E-state index in [-0.39, 0.29) is 30.1 Å². The maximum atomic E-state index is 12.6. The summed E-state index contributed by atoms with van der Waals surface area (Å²) in [4.78, 5) is 36.7. The number of carbonyl (C=O) groups excluding carboxylic acids is 2. The Morgan fingerprint density at radius 3 is 2.30 bits per heavy atom. The number of likely N-dealkylation sites (tertiary alicyclic amines) is 1. The van der Waals surface area contributed by atoms with Crippen molar-refractivity contribution in [2.45, 2.75) is 6.04 Å². The number of non-ortho nitro benzene ring substituents is 1. The van der Waals surface area contributed by atoms with Gasteiger partial charge in [0.2, 0.25) is 0 Å². The van der Waals surface area contributed by atoms with Crippen LogP contribution in [0.25, 0.3) is 5.76 Å². The van der Waals surface area contributed by atoms with Gasteiger partial charge in [-0.3, -0.25) is 19.7 Å². The molecule has 2 aromatic rings. The minimum Gasteiger partial charge on any atom is -0.507 e. The number of Topliss-reactive ketones (excluding diaryl/α,β-unsaturated/α-hetero) is 1. The van der Waals surface area contributed by atoms with E-state index in [0.29, 0.717) is 11.1 Å². The van der Waals surface area contributed by atoms with Crippen LogP contribution in [0, 0.1) is 10.1 Å². The zero-order valence-corrected chi connectivity index (χ0v) is 14.2. The first-order valence-electron chi connectivity index (χ1n) is 8.24. The molecular formula is C19H17N3O5. The van der Waals surface area contributed by atoms with E-state index >= 15 is 0 Å². The quantitative estimate of drug-likeness (QED) is 0.273. The normalized spacial score (nSPS) is 18.7. The Balaban J connectivity index is 2.16. The van der Waals surface area contributed by atoms with E-state index in [1.807, 2.05) is 0 Å². The molecule has 0 spiro atoms. The van der Waals surface area contributed by atoms with E-state index in [2.05, 4.69) is 0 Å². The molecule has 8 heteroatoms. The molecule has 0 bridgehead atoms. The minimum absolute atomic E-state index is 0.0616. The molecule has 0 radical (unpaired) electrons. The number of rotatable bonds is 5. The van der Waals surface area contributed by atoms with E-state index in [1.54, 1.807) is 30.3 Å². The van der Waals surface area contributed by atoms with Crippen LogP contribution >= 0.6 is 0 Å². The van der Waals surface area contributed by atoms with Gasteiger partial charge in [-0.1, -0.05) is 30.3 Å². The number of nitrogens with two attached hydrogens (primary N) is 1. The third kappa shape index (κ3) is 3.30. The smallest absolute Gasteiger partial charge is 0.295 e. The van der Waals surface area contributed by atoms with Gasteiger partial charge in [0.15, 0.2) is 0 Å². The molecule has 27 heavy (non-hydrogen) atoms. The van der Waals surface area contributed by atoms with Crippen LogP contribution in [0.1, 0.15) is 17.2 Å². The van der Waals surface area contributed by atoms with E-state index < -0.39 is 22.7 Å². The number of ketones is 1. The van der Waals surface area contributed by atoms with Gasteiger partial charge < -0.3 is 15.7 Å². The second-order valence-electron chi connectivity index (χ2n) is 6.00. The van der Waals surface area contributed by atoms with Gasteiger partial charge >= 0.3 is 0 Å². The van der Waals surface area contributed by atoms with Crippen molar-refractivity contribution in [2.24, 2.45) is 5.73 Å². The topological polar surface area (TPSA) is 127 Å². The van der Waals surface area contributed by atoms with Crippen molar-refractivity contribution in [2.75, 3.05) is 13.1 Å². The second-order valence-corrected chi connectivity index (χ2v) is 6.00. The minimum atomic E-state index is -0.866. The molecule has 0 saturated carbocycles. The van der Waals surface area contributed by atoms with Crippen LogP contribution in [0.2, 0.25) is 0 Å². The van der Waals surface area contributed by atoms with Gasteiger partial charge in [-0.25, -0.2) is 0 Å². The van der Waals surface area contributed by atoms with Crippen molar-refractivity contribution >= 4 is 23.1 Å². The summed E-state index contributed by atoms with van der Waals surface area (Å²) in [5.41, 5.74) is 6.28. The first-order valence-corrected chi connectivity index (χ1v) is 8.24. The van der Waals surface area contributed by atoms with Crippen LogP contribution in [-0.4, -0.2) is 39.7 Å². The predicted molar refractivity (Wildman–Crippen MR) is 97.6 cm³/mol. The maximum absolute atomic E-state index is 12.6. The number of amides is 1. The van der Waals surface area contributed by atoms with E-state index in [4.69, 9.17) is 5.73 Å². The van der Waals surface area contributed by atoms with Crippen LogP contribution in [0.15, 0.2) is 60.2 Å². The molecule has 138 valence electrons. The summed E-state index contributed by atoms with van der Waals surface area (Å²) in [5, 5.41) is 21.6. The molecule has 0 aliphatic carbocycles.